The normalized spacial score (nSPS) is 12.8. The number of fused-ring (bicyclic) bond motifs is 1. The minimum atomic E-state index is 0.572. The van der Waals surface area contributed by atoms with Crippen molar-refractivity contribution in [1.29, 1.82) is 0 Å². The maximum atomic E-state index is 4.83. The van der Waals surface area contributed by atoms with Crippen molar-refractivity contribution in [1.82, 2.24) is 4.98 Å². The lowest BCUT2D eigenvalue weighted by Crippen LogP contribution is -2.04. The predicted molar refractivity (Wildman–Crippen MR) is 143 cm³/mol. The molecule has 0 spiro atoms. The summed E-state index contributed by atoms with van der Waals surface area (Å²) < 4.78 is 1.22. The zero-order chi connectivity index (χ0) is 22.2. The Balaban J connectivity index is 1.25. The number of para-hydroxylation sites is 1. The van der Waals surface area contributed by atoms with Gasteiger partial charge in [-0.25, -0.2) is 9.98 Å². The molecule has 0 fully saturated rings. The summed E-state index contributed by atoms with van der Waals surface area (Å²) in [6.45, 7) is 5.27. The molecule has 0 saturated heterocycles. The molecule has 32 heavy (non-hydrogen) atoms. The van der Waals surface area contributed by atoms with Crippen LogP contribution < -0.4 is 5.32 Å². The van der Waals surface area contributed by atoms with E-state index in [-0.39, 0.29) is 0 Å². The fourth-order valence-electron chi connectivity index (χ4n) is 3.59. The highest BCUT2D eigenvalue weighted by Crippen LogP contribution is 2.26. The van der Waals surface area contributed by atoms with Crippen LogP contribution in [0.1, 0.15) is 37.3 Å². The third-order valence-corrected chi connectivity index (χ3v) is 7.35. The van der Waals surface area contributed by atoms with E-state index in [0.29, 0.717) is 5.92 Å². The number of hydrogen-bond acceptors (Lipinski definition) is 5. The number of rotatable bonds is 9. The Kier molecular flexibility index (Phi) is 7.97. The molecule has 5 heteroatoms. The number of nitrogens with zero attached hydrogens (tertiary/aromatic N) is 2. The number of nitrogens with one attached hydrogen (secondary N) is 1. The summed E-state index contributed by atoms with van der Waals surface area (Å²) in [5.74, 6) is 1.65. The van der Waals surface area contributed by atoms with Crippen LogP contribution in [-0.2, 0) is 6.42 Å². The number of aromatic nitrogens is 1. The van der Waals surface area contributed by atoms with Crippen molar-refractivity contribution in [3.8, 4) is 0 Å². The number of aliphatic imine (C=N–C) groups is 1. The lowest BCUT2D eigenvalue weighted by Gasteiger charge is -2.11. The highest BCUT2D eigenvalue weighted by atomic mass is 32.2. The smallest absolute Gasteiger partial charge is 0.183 e. The average Bonchev–Trinajstić information content (AvgIpc) is 3.23. The molecule has 0 aliphatic heterocycles. The zero-order valence-electron chi connectivity index (χ0n) is 18.6. The molecule has 0 aliphatic carbocycles. The van der Waals surface area contributed by atoms with Crippen LogP contribution in [0, 0.1) is 0 Å². The Morgan fingerprint density at radius 3 is 2.69 bits per heavy atom. The van der Waals surface area contributed by atoms with E-state index in [9.17, 15) is 0 Å². The van der Waals surface area contributed by atoms with Gasteiger partial charge >= 0.3 is 0 Å². The maximum Gasteiger partial charge on any atom is 0.183 e. The lowest BCUT2D eigenvalue weighted by atomic mass is 9.99. The Hall–Kier alpha value is -2.63. The predicted octanol–water partition coefficient (Wildman–Crippen LogP) is 7.93. The summed E-state index contributed by atoms with van der Waals surface area (Å²) in [5.41, 5.74) is 4.79. The number of benzene rings is 3. The van der Waals surface area contributed by atoms with Crippen molar-refractivity contribution in [2.75, 3.05) is 17.6 Å². The van der Waals surface area contributed by atoms with Crippen molar-refractivity contribution in [3.63, 3.8) is 0 Å². The number of thioether (sulfide) groups is 1. The molecule has 1 heterocycles. The minimum absolute atomic E-state index is 0.572. The molecule has 0 saturated carbocycles. The van der Waals surface area contributed by atoms with E-state index in [0.717, 1.165) is 46.5 Å². The molecule has 0 amide bonds. The topological polar surface area (TPSA) is 37.3 Å². The Labute approximate surface area is 199 Å². The first-order valence-electron chi connectivity index (χ1n) is 11.1. The molecule has 4 rings (SSSR count). The first kappa shape index (κ1) is 22.6. The molecule has 164 valence electrons. The molecule has 1 aromatic heterocycles. The van der Waals surface area contributed by atoms with Gasteiger partial charge in [-0.2, -0.15) is 0 Å². The van der Waals surface area contributed by atoms with Gasteiger partial charge in [0.2, 0.25) is 0 Å². The lowest BCUT2D eigenvalue weighted by molar-refractivity contribution is 0.742. The van der Waals surface area contributed by atoms with Crippen LogP contribution in [0.15, 0.2) is 83.9 Å². The SMILES string of the molecule is CC(=Nc1cccc(CCNc2nc3ccccc3s2)c1)SCCC(C)c1ccccc1. The molecule has 1 atom stereocenters. The summed E-state index contributed by atoms with van der Waals surface area (Å²) >= 11 is 3.55. The van der Waals surface area contributed by atoms with Gasteiger partial charge in [-0.05, 0) is 66.8 Å². The zero-order valence-corrected chi connectivity index (χ0v) is 20.3. The van der Waals surface area contributed by atoms with E-state index in [1.54, 1.807) is 11.3 Å². The first-order chi connectivity index (χ1) is 15.7. The fraction of sp³-hybridized carbons (Fsp3) is 0.259. The monoisotopic (exact) mass is 459 g/mol. The highest BCUT2D eigenvalue weighted by Gasteiger charge is 2.06. The second-order valence-corrected chi connectivity index (χ2v) is 10.2. The number of hydrogen-bond donors (Lipinski definition) is 1. The van der Waals surface area contributed by atoms with E-state index in [4.69, 9.17) is 4.99 Å². The van der Waals surface area contributed by atoms with Crippen LogP contribution in [0.4, 0.5) is 10.8 Å². The average molecular weight is 460 g/mol. The van der Waals surface area contributed by atoms with E-state index < -0.39 is 0 Å². The molecule has 0 bridgehead atoms. The molecule has 3 aromatic carbocycles. The Morgan fingerprint density at radius 1 is 1.03 bits per heavy atom. The third kappa shape index (κ3) is 6.44. The van der Waals surface area contributed by atoms with E-state index in [1.165, 1.54) is 15.8 Å². The first-order valence-corrected chi connectivity index (χ1v) is 12.9. The molecule has 0 aliphatic rings. The quantitative estimate of drug-likeness (QED) is 0.204. The summed E-state index contributed by atoms with van der Waals surface area (Å²) in [6, 6.07) is 27.5. The van der Waals surface area contributed by atoms with Gasteiger partial charge < -0.3 is 5.32 Å². The minimum Gasteiger partial charge on any atom is -0.361 e. The third-order valence-electron chi connectivity index (χ3n) is 5.41. The summed E-state index contributed by atoms with van der Waals surface area (Å²) in [4.78, 5) is 9.48. The Bertz CT molecular complexity index is 1130. The van der Waals surface area contributed by atoms with Crippen LogP contribution in [-0.4, -0.2) is 22.3 Å². The van der Waals surface area contributed by atoms with Crippen LogP contribution in [0.3, 0.4) is 0 Å². The van der Waals surface area contributed by atoms with Crippen LogP contribution in [0.25, 0.3) is 10.2 Å². The van der Waals surface area contributed by atoms with Crippen molar-refractivity contribution < 1.29 is 0 Å². The second kappa shape index (κ2) is 11.3. The van der Waals surface area contributed by atoms with Crippen molar-refractivity contribution in [3.05, 3.63) is 90.0 Å². The largest absolute Gasteiger partial charge is 0.361 e. The molecule has 4 aromatic rings. The van der Waals surface area contributed by atoms with Gasteiger partial charge in [-0.15, -0.1) is 11.8 Å². The molecule has 3 nitrogen and oxygen atoms in total. The molecule has 1 unspecified atom stereocenters. The van der Waals surface area contributed by atoms with E-state index in [2.05, 4.69) is 96.9 Å². The highest BCUT2D eigenvalue weighted by molar-refractivity contribution is 8.13. The van der Waals surface area contributed by atoms with Gasteiger partial charge in [-0.3, -0.25) is 0 Å². The molecule has 1 N–H and O–H groups in total. The molecular formula is C27H29N3S2. The van der Waals surface area contributed by atoms with Crippen LogP contribution >= 0.6 is 23.1 Å². The van der Waals surface area contributed by atoms with E-state index in [1.807, 2.05) is 17.8 Å². The number of thiazole rings is 1. The van der Waals surface area contributed by atoms with Gasteiger partial charge in [0.1, 0.15) is 0 Å². The van der Waals surface area contributed by atoms with Gasteiger partial charge in [0.15, 0.2) is 5.13 Å². The van der Waals surface area contributed by atoms with Gasteiger partial charge in [0, 0.05) is 6.54 Å². The van der Waals surface area contributed by atoms with Gasteiger partial charge in [0.25, 0.3) is 0 Å². The van der Waals surface area contributed by atoms with Gasteiger partial charge in [0.05, 0.1) is 20.9 Å². The molecule has 0 radical (unpaired) electrons. The summed E-state index contributed by atoms with van der Waals surface area (Å²) in [5, 5.41) is 5.57. The van der Waals surface area contributed by atoms with Crippen molar-refractivity contribution >= 4 is 49.2 Å². The fourth-order valence-corrected chi connectivity index (χ4v) is 5.42. The second-order valence-electron chi connectivity index (χ2n) is 7.91. The standard InChI is InChI=1S/C27H29N3S2/c1-20(23-10-4-3-5-11-23)16-18-31-21(2)29-24-12-8-9-22(19-24)15-17-28-27-30-25-13-6-7-14-26(25)32-27/h3-14,19-20H,15-18H2,1-2H3,(H,28,30). The maximum absolute atomic E-state index is 4.83. The van der Waals surface area contributed by atoms with Crippen LogP contribution in [0.5, 0.6) is 0 Å². The molecular weight excluding hydrogens is 430 g/mol. The Morgan fingerprint density at radius 2 is 1.84 bits per heavy atom. The summed E-state index contributed by atoms with van der Waals surface area (Å²) in [7, 11) is 0. The van der Waals surface area contributed by atoms with Gasteiger partial charge in [-0.1, -0.05) is 72.9 Å². The van der Waals surface area contributed by atoms with Crippen molar-refractivity contribution in [2.24, 2.45) is 4.99 Å². The van der Waals surface area contributed by atoms with Crippen LogP contribution in [0.2, 0.25) is 0 Å². The van der Waals surface area contributed by atoms with E-state index >= 15 is 0 Å². The summed E-state index contributed by atoms with van der Waals surface area (Å²) in [6.07, 6.45) is 2.10. The van der Waals surface area contributed by atoms with Crippen molar-refractivity contribution in [2.45, 2.75) is 32.6 Å². The number of anilines is 1.